The molecule has 0 spiro atoms. The molecular formula is C20H16N4S. The number of benzene rings is 2. The molecule has 4 nitrogen and oxygen atoms in total. The van der Waals surface area contributed by atoms with E-state index in [1.165, 1.54) is 17.3 Å². The largest absolute Gasteiger partial charge is 0.273 e. The van der Waals surface area contributed by atoms with Gasteiger partial charge in [-0.3, -0.25) is 4.57 Å². The lowest BCUT2D eigenvalue weighted by molar-refractivity contribution is 0.846. The van der Waals surface area contributed by atoms with Crippen LogP contribution in [0.2, 0.25) is 0 Å². The van der Waals surface area contributed by atoms with E-state index in [0.717, 1.165) is 28.1 Å². The van der Waals surface area contributed by atoms with E-state index >= 15 is 0 Å². The maximum absolute atomic E-state index is 4.45. The molecule has 122 valence electrons. The van der Waals surface area contributed by atoms with E-state index in [2.05, 4.69) is 44.0 Å². The fraction of sp³-hybridized carbons (Fsp3) is 0.0500. The van der Waals surface area contributed by atoms with E-state index in [9.17, 15) is 0 Å². The predicted molar refractivity (Wildman–Crippen MR) is 99.0 cm³/mol. The summed E-state index contributed by atoms with van der Waals surface area (Å²) in [4.78, 5) is 4.38. The van der Waals surface area contributed by atoms with E-state index in [4.69, 9.17) is 0 Å². The van der Waals surface area contributed by atoms with Gasteiger partial charge in [-0.1, -0.05) is 54.6 Å². The van der Waals surface area contributed by atoms with Crippen molar-refractivity contribution in [2.45, 2.75) is 16.6 Å². The van der Waals surface area contributed by atoms with Crippen molar-refractivity contribution in [3.8, 4) is 5.69 Å². The lowest BCUT2D eigenvalue weighted by Gasteiger charge is -2.10. The summed E-state index contributed by atoms with van der Waals surface area (Å²) in [6, 6.07) is 26.4. The summed E-state index contributed by atoms with van der Waals surface area (Å²) < 4.78 is 2.10. The molecule has 25 heavy (non-hydrogen) atoms. The predicted octanol–water partition coefficient (Wildman–Crippen LogP) is 4.40. The molecule has 0 radical (unpaired) electrons. The second-order valence-corrected chi connectivity index (χ2v) is 6.49. The Hall–Kier alpha value is -2.92. The number of hydrogen-bond acceptors (Lipinski definition) is 4. The summed E-state index contributed by atoms with van der Waals surface area (Å²) >= 11 is 1.52. The van der Waals surface area contributed by atoms with E-state index in [1.807, 2.05) is 54.6 Å². The van der Waals surface area contributed by atoms with E-state index in [0.29, 0.717) is 0 Å². The maximum Gasteiger partial charge on any atom is 0.202 e. The lowest BCUT2D eigenvalue weighted by Crippen LogP contribution is -2.03. The Morgan fingerprint density at radius 1 is 0.760 bits per heavy atom. The molecule has 0 aliphatic heterocycles. The summed E-state index contributed by atoms with van der Waals surface area (Å²) in [5.41, 5.74) is 2.26. The molecule has 0 unspecified atom stereocenters. The van der Waals surface area contributed by atoms with Crippen molar-refractivity contribution in [3.05, 3.63) is 96.4 Å². The van der Waals surface area contributed by atoms with Gasteiger partial charge in [0.1, 0.15) is 10.9 Å². The van der Waals surface area contributed by atoms with Gasteiger partial charge in [-0.2, -0.15) is 0 Å². The zero-order valence-corrected chi connectivity index (χ0v) is 14.3. The summed E-state index contributed by atoms with van der Waals surface area (Å²) in [6.07, 6.45) is 2.52. The summed E-state index contributed by atoms with van der Waals surface area (Å²) in [5.74, 6) is 0.913. The van der Waals surface area contributed by atoms with Crippen molar-refractivity contribution in [3.63, 3.8) is 0 Å². The molecule has 0 saturated carbocycles. The smallest absolute Gasteiger partial charge is 0.202 e. The molecule has 0 amide bonds. The van der Waals surface area contributed by atoms with Gasteiger partial charge in [0.15, 0.2) is 0 Å². The van der Waals surface area contributed by atoms with E-state index < -0.39 is 0 Å². The maximum atomic E-state index is 4.45. The second-order valence-electron chi connectivity index (χ2n) is 5.50. The fourth-order valence-electron chi connectivity index (χ4n) is 2.60. The van der Waals surface area contributed by atoms with Gasteiger partial charge in [0.2, 0.25) is 5.16 Å². The van der Waals surface area contributed by atoms with Crippen LogP contribution >= 0.6 is 11.8 Å². The highest BCUT2D eigenvalue weighted by molar-refractivity contribution is 7.99. The van der Waals surface area contributed by atoms with Crippen molar-refractivity contribution in [2.75, 3.05) is 0 Å². The minimum Gasteiger partial charge on any atom is -0.273 e. The van der Waals surface area contributed by atoms with Gasteiger partial charge < -0.3 is 0 Å². The van der Waals surface area contributed by atoms with Gasteiger partial charge in [-0.05, 0) is 41.6 Å². The topological polar surface area (TPSA) is 43.6 Å². The number of pyridine rings is 1. The molecule has 4 aromatic rings. The summed E-state index contributed by atoms with van der Waals surface area (Å²) in [6.45, 7) is 0. The molecule has 5 heteroatoms. The van der Waals surface area contributed by atoms with Gasteiger partial charge in [0, 0.05) is 18.3 Å². The molecule has 0 atom stereocenters. The first-order valence-corrected chi connectivity index (χ1v) is 8.84. The molecular weight excluding hydrogens is 328 g/mol. The van der Waals surface area contributed by atoms with Gasteiger partial charge in [0.05, 0.1) is 0 Å². The Morgan fingerprint density at radius 2 is 1.48 bits per heavy atom. The number of nitrogens with zero attached hydrogens (tertiary/aromatic N) is 4. The molecule has 2 aromatic heterocycles. The fourth-order valence-corrected chi connectivity index (χ4v) is 3.43. The zero-order valence-electron chi connectivity index (χ0n) is 13.5. The molecule has 0 bridgehead atoms. The van der Waals surface area contributed by atoms with Gasteiger partial charge in [-0.25, -0.2) is 4.98 Å². The Morgan fingerprint density at radius 3 is 2.20 bits per heavy atom. The van der Waals surface area contributed by atoms with Crippen molar-refractivity contribution in [1.82, 2.24) is 19.7 Å². The SMILES string of the molecule is c1ccc(Cc2nnc(Sc3ccccn3)n2-c2ccccc2)cc1. The third-order valence-corrected chi connectivity index (χ3v) is 4.65. The van der Waals surface area contributed by atoms with Crippen LogP contribution in [0.25, 0.3) is 5.69 Å². The molecule has 2 aromatic carbocycles. The highest BCUT2D eigenvalue weighted by Gasteiger charge is 2.15. The summed E-state index contributed by atoms with van der Waals surface area (Å²) in [5, 5.41) is 10.6. The van der Waals surface area contributed by atoms with Crippen molar-refractivity contribution in [2.24, 2.45) is 0 Å². The van der Waals surface area contributed by atoms with Crippen molar-refractivity contribution in [1.29, 1.82) is 0 Å². The highest BCUT2D eigenvalue weighted by Crippen LogP contribution is 2.28. The van der Waals surface area contributed by atoms with Crippen LogP contribution in [0.5, 0.6) is 0 Å². The first kappa shape index (κ1) is 15.6. The van der Waals surface area contributed by atoms with Gasteiger partial charge in [-0.15, -0.1) is 10.2 Å². The average molecular weight is 344 g/mol. The lowest BCUT2D eigenvalue weighted by atomic mass is 10.1. The number of hydrogen-bond donors (Lipinski definition) is 0. The summed E-state index contributed by atoms with van der Waals surface area (Å²) in [7, 11) is 0. The van der Waals surface area contributed by atoms with Crippen molar-refractivity contribution < 1.29 is 0 Å². The van der Waals surface area contributed by atoms with E-state index in [-0.39, 0.29) is 0 Å². The van der Waals surface area contributed by atoms with E-state index in [1.54, 1.807) is 6.20 Å². The third kappa shape index (κ3) is 3.61. The molecule has 2 heterocycles. The Kier molecular flexibility index (Phi) is 4.57. The zero-order chi connectivity index (χ0) is 16.9. The highest BCUT2D eigenvalue weighted by atomic mass is 32.2. The van der Waals surface area contributed by atoms with Gasteiger partial charge >= 0.3 is 0 Å². The Bertz CT molecular complexity index is 878. The van der Waals surface area contributed by atoms with Crippen molar-refractivity contribution >= 4 is 11.8 Å². The molecule has 0 aliphatic carbocycles. The minimum absolute atomic E-state index is 0.728. The van der Waals surface area contributed by atoms with Gasteiger partial charge in [0.25, 0.3) is 0 Å². The monoisotopic (exact) mass is 344 g/mol. The normalized spacial score (nSPS) is 10.7. The minimum atomic E-state index is 0.728. The van der Waals surface area contributed by atoms with Crippen LogP contribution in [0.3, 0.4) is 0 Å². The standard InChI is InChI=1S/C20H16N4S/c1-3-9-16(10-4-1)15-18-22-23-20(25-19-13-7-8-14-21-19)24(18)17-11-5-2-6-12-17/h1-14H,15H2. The molecule has 0 saturated heterocycles. The first-order valence-electron chi connectivity index (χ1n) is 8.03. The molecule has 0 fully saturated rings. The molecule has 4 rings (SSSR count). The van der Waals surface area contributed by atoms with Crippen LogP contribution in [-0.2, 0) is 6.42 Å². The van der Waals surface area contributed by atoms with Crippen LogP contribution in [0.15, 0.2) is 95.2 Å². The number of rotatable bonds is 5. The number of aromatic nitrogens is 4. The Labute approximate surface area is 150 Å². The quantitative estimate of drug-likeness (QED) is 0.538. The van der Waals surface area contributed by atoms with Crippen LogP contribution in [0.1, 0.15) is 11.4 Å². The van der Waals surface area contributed by atoms with Crippen LogP contribution in [0, 0.1) is 0 Å². The Balaban J connectivity index is 1.74. The second kappa shape index (κ2) is 7.32. The number of para-hydroxylation sites is 1. The van der Waals surface area contributed by atoms with Crippen LogP contribution < -0.4 is 0 Å². The molecule has 0 aliphatic rings. The first-order chi connectivity index (χ1) is 12.4. The van der Waals surface area contributed by atoms with Crippen LogP contribution in [-0.4, -0.2) is 19.7 Å². The molecule has 0 N–H and O–H groups in total. The average Bonchev–Trinajstić information content (AvgIpc) is 3.06. The van der Waals surface area contributed by atoms with Crippen LogP contribution in [0.4, 0.5) is 0 Å². The third-order valence-electron chi connectivity index (χ3n) is 3.75.